The summed E-state index contributed by atoms with van der Waals surface area (Å²) in [6, 6.07) is 14.7. The van der Waals surface area contributed by atoms with Gasteiger partial charge in [-0.1, -0.05) is 36.7 Å². The Hall–Kier alpha value is -2.53. The Morgan fingerprint density at radius 1 is 1.04 bits per heavy atom. The number of hydrogen-bond acceptors (Lipinski definition) is 2. The van der Waals surface area contributed by atoms with E-state index in [1.54, 1.807) is 33.4 Å². The largest absolute Gasteiger partial charge is 0.329 e. The van der Waals surface area contributed by atoms with Gasteiger partial charge in [-0.2, -0.15) is 0 Å². The minimum absolute atomic E-state index is 0.0707. The van der Waals surface area contributed by atoms with Crippen molar-refractivity contribution in [3.63, 3.8) is 0 Å². The standard InChI is InChI=1S/C19H20ClN3O2/c1-2-11-22-16-8-3-4-9-17(16)23(19(22)25)12-10-18(24)21-15-7-5-6-14(20)13-15/h3-9,13H,2,10-12H2,1H3,(H,21,24). The average molecular weight is 358 g/mol. The monoisotopic (exact) mass is 357 g/mol. The van der Waals surface area contributed by atoms with Crippen LogP contribution in [-0.2, 0) is 17.9 Å². The number of anilines is 1. The lowest BCUT2D eigenvalue weighted by atomic mass is 10.3. The van der Waals surface area contributed by atoms with Crippen LogP contribution in [-0.4, -0.2) is 15.0 Å². The Morgan fingerprint density at radius 2 is 1.72 bits per heavy atom. The summed E-state index contributed by atoms with van der Waals surface area (Å²) in [6.45, 7) is 3.04. The maximum atomic E-state index is 12.7. The molecule has 0 atom stereocenters. The number of aromatic nitrogens is 2. The van der Waals surface area contributed by atoms with Gasteiger partial charge >= 0.3 is 5.69 Å². The number of nitrogens with zero attached hydrogens (tertiary/aromatic N) is 2. The molecule has 0 aliphatic heterocycles. The van der Waals surface area contributed by atoms with Crippen LogP contribution in [0.1, 0.15) is 19.8 Å². The topological polar surface area (TPSA) is 56.0 Å². The van der Waals surface area contributed by atoms with E-state index in [2.05, 4.69) is 5.32 Å². The number of amides is 1. The van der Waals surface area contributed by atoms with E-state index in [1.165, 1.54) is 0 Å². The second-order valence-corrected chi connectivity index (χ2v) is 6.32. The van der Waals surface area contributed by atoms with Crippen LogP contribution in [0.25, 0.3) is 11.0 Å². The van der Waals surface area contributed by atoms with Crippen LogP contribution in [0, 0.1) is 0 Å². The SMILES string of the molecule is CCCn1c(=O)n(CCC(=O)Nc2cccc(Cl)c2)c2ccccc21. The number of hydrogen-bond donors (Lipinski definition) is 1. The first-order valence-corrected chi connectivity index (χ1v) is 8.71. The van der Waals surface area contributed by atoms with Crippen molar-refractivity contribution in [3.8, 4) is 0 Å². The van der Waals surface area contributed by atoms with Gasteiger partial charge in [0.15, 0.2) is 0 Å². The van der Waals surface area contributed by atoms with E-state index in [9.17, 15) is 9.59 Å². The number of carbonyl (C=O) groups excluding carboxylic acids is 1. The van der Waals surface area contributed by atoms with Gasteiger partial charge in [0.2, 0.25) is 5.91 Å². The highest BCUT2D eigenvalue weighted by Gasteiger charge is 2.13. The Balaban J connectivity index is 1.78. The summed E-state index contributed by atoms with van der Waals surface area (Å²) in [4.78, 5) is 24.9. The molecule has 0 saturated heterocycles. The maximum absolute atomic E-state index is 12.7. The molecule has 0 aliphatic carbocycles. The first-order chi connectivity index (χ1) is 12.1. The van der Waals surface area contributed by atoms with E-state index in [-0.39, 0.29) is 18.0 Å². The molecule has 5 nitrogen and oxygen atoms in total. The first kappa shape index (κ1) is 17.3. The fourth-order valence-corrected chi connectivity index (χ4v) is 3.12. The van der Waals surface area contributed by atoms with Gasteiger partial charge in [-0.25, -0.2) is 4.79 Å². The van der Waals surface area contributed by atoms with E-state index in [1.807, 2.05) is 31.2 Å². The molecule has 3 rings (SSSR count). The summed E-state index contributed by atoms with van der Waals surface area (Å²) < 4.78 is 3.44. The normalized spacial score (nSPS) is 11.0. The number of imidazole rings is 1. The molecule has 1 N–H and O–H groups in total. The third-order valence-electron chi connectivity index (χ3n) is 4.04. The number of fused-ring (bicyclic) bond motifs is 1. The molecule has 0 saturated carbocycles. The maximum Gasteiger partial charge on any atom is 0.329 e. The quantitative estimate of drug-likeness (QED) is 0.727. The van der Waals surface area contributed by atoms with Crippen LogP contribution >= 0.6 is 11.6 Å². The summed E-state index contributed by atoms with van der Waals surface area (Å²) in [6.07, 6.45) is 1.09. The van der Waals surface area contributed by atoms with Gasteiger partial charge in [0, 0.05) is 30.2 Å². The minimum Gasteiger partial charge on any atom is -0.326 e. The number of aryl methyl sites for hydroxylation is 2. The van der Waals surface area contributed by atoms with Crippen LogP contribution in [0.4, 0.5) is 5.69 Å². The van der Waals surface area contributed by atoms with Gasteiger partial charge in [0.05, 0.1) is 11.0 Å². The summed E-state index contributed by atoms with van der Waals surface area (Å²) in [5, 5.41) is 3.37. The molecule has 0 fully saturated rings. The summed E-state index contributed by atoms with van der Waals surface area (Å²) in [5.41, 5.74) is 2.35. The van der Waals surface area contributed by atoms with Gasteiger partial charge in [-0.15, -0.1) is 0 Å². The Kier molecular flexibility index (Phi) is 5.24. The Bertz CT molecular complexity index is 959. The second kappa shape index (κ2) is 7.57. The van der Waals surface area contributed by atoms with Gasteiger partial charge in [-0.05, 0) is 36.8 Å². The number of para-hydroxylation sites is 2. The zero-order valence-corrected chi connectivity index (χ0v) is 14.8. The van der Waals surface area contributed by atoms with Crippen molar-refractivity contribution in [1.29, 1.82) is 0 Å². The molecule has 3 aromatic rings. The molecule has 0 unspecified atom stereocenters. The van der Waals surface area contributed by atoms with Crippen LogP contribution in [0.3, 0.4) is 0 Å². The molecular formula is C19H20ClN3O2. The third kappa shape index (κ3) is 3.77. The third-order valence-corrected chi connectivity index (χ3v) is 4.28. The van der Waals surface area contributed by atoms with Crippen molar-refractivity contribution in [2.75, 3.05) is 5.32 Å². The lowest BCUT2D eigenvalue weighted by Crippen LogP contribution is -2.26. The average Bonchev–Trinajstić information content (AvgIpc) is 2.86. The number of nitrogens with one attached hydrogen (secondary N) is 1. The van der Waals surface area contributed by atoms with Crippen LogP contribution in [0.5, 0.6) is 0 Å². The van der Waals surface area contributed by atoms with Crippen LogP contribution < -0.4 is 11.0 Å². The Labute approximate surface area is 150 Å². The zero-order valence-electron chi connectivity index (χ0n) is 14.0. The van der Waals surface area contributed by atoms with E-state index in [4.69, 9.17) is 11.6 Å². The summed E-state index contributed by atoms with van der Waals surface area (Å²) in [5.74, 6) is -0.151. The van der Waals surface area contributed by atoms with Gasteiger partial charge in [-0.3, -0.25) is 13.9 Å². The molecule has 1 heterocycles. The van der Waals surface area contributed by atoms with Gasteiger partial charge in [0.25, 0.3) is 0 Å². The molecule has 130 valence electrons. The molecule has 25 heavy (non-hydrogen) atoms. The molecule has 1 aromatic heterocycles. The fraction of sp³-hybridized carbons (Fsp3) is 0.263. The highest BCUT2D eigenvalue weighted by atomic mass is 35.5. The molecule has 0 radical (unpaired) electrons. The molecule has 1 amide bonds. The van der Waals surface area contributed by atoms with Gasteiger partial charge in [0.1, 0.15) is 0 Å². The smallest absolute Gasteiger partial charge is 0.326 e. The van der Waals surface area contributed by atoms with Crippen molar-refractivity contribution in [3.05, 3.63) is 64.0 Å². The number of carbonyl (C=O) groups is 1. The van der Waals surface area contributed by atoms with Gasteiger partial charge < -0.3 is 5.32 Å². The molecule has 0 aliphatic rings. The number of benzene rings is 2. The van der Waals surface area contributed by atoms with Crippen molar-refractivity contribution >= 4 is 34.2 Å². The lowest BCUT2D eigenvalue weighted by molar-refractivity contribution is -0.116. The second-order valence-electron chi connectivity index (χ2n) is 5.88. The van der Waals surface area contributed by atoms with E-state index in [0.717, 1.165) is 17.5 Å². The predicted octanol–water partition coefficient (Wildman–Crippen LogP) is 3.90. The molecular weight excluding hydrogens is 338 g/mol. The lowest BCUT2D eigenvalue weighted by Gasteiger charge is -2.06. The van der Waals surface area contributed by atoms with Crippen molar-refractivity contribution in [1.82, 2.24) is 9.13 Å². The Morgan fingerprint density at radius 3 is 2.36 bits per heavy atom. The van der Waals surface area contributed by atoms with Crippen molar-refractivity contribution in [2.24, 2.45) is 0 Å². The number of rotatable bonds is 6. The summed E-state index contributed by atoms with van der Waals surface area (Å²) in [7, 11) is 0. The molecule has 6 heteroatoms. The molecule has 0 bridgehead atoms. The van der Waals surface area contributed by atoms with E-state index in [0.29, 0.717) is 23.8 Å². The first-order valence-electron chi connectivity index (χ1n) is 8.33. The van der Waals surface area contributed by atoms with Crippen LogP contribution in [0.2, 0.25) is 5.02 Å². The highest BCUT2D eigenvalue weighted by molar-refractivity contribution is 6.30. The van der Waals surface area contributed by atoms with Crippen LogP contribution in [0.15, 0.2) is 53.3 Å². The van der Waals surface area contributed by atoms with E-state index < -0.39 is 0 Å². The fourth-order valence-electron chi connectivity index (χ4n) is 2.93. The zero-order chi connectivity index (χ0) is 17.8. The highest BCUT2D eigenvalue weighted by Crippen LogP contribution is 2.16. The molecule has 0 spiro atoms. The predicted molar refractivity (Wildman–Crippen MR) is 101 cm³/mol. The van der Waals surface area contributed by atoms with Crippen molar-refractivity contribution in [2.45, 2.75) is 32.9 Å². The number of halogens is 1. The van der Waals surface area contributed by atoms with E-state index >= 15 is 0 Å². The molecule has 2 aromatic carbocycles. The van der Waals surface area contributed by atoms with Crippen molar-refractivity contribution < 1.29 is 4.79 Å². The summed E-state index contributed by atoms with van der Waals surface area (Å²) >= 11 is 5.92. The minimum atomic E-state index is -0.151.